The van der Waals surface area contributed by atoms with E-state index in [9.17, 15) is 14.0 Å². The largest absolute Gasteiger partial charge is 0.453 e. The fourth-order valence-corrected chi connectivity index (χ4v) is 4.40. The zero-order valence-electron chi connectivity index (χ0n) is 15.8. The highest BCUT2D eigenvalue weighted by molar-refractivity contribution is 8.00. The summed E-state index contributed by atoms with van der Waals surface area (Å²) in [6, 6.07) is 17.3. The lowest BCUT2D eigenvalue weighted by Gasteiger charge is -2.25. The molecule has 1 heterocycles. The van der Waals surface area contributed by atoms with Gasteiger partial charge in [-0.15, -0.1) is 11.8 Å². The van der Waals surface area contributed by atoms with Crippen LogP contribution in [0.1, 0.15) is 21.3 Å². The third-order valence-corrected chi connectivity index (χ3v) is 6.19. The van der Waals surface area contributed by atoms with Crippen molar-refractivity contribution in [3.05, 3.63) is 93.7 Å². The van der Waals surface area contributed by atoms with Crippen LogP contribution in [0.4, 0.5) is 4.39 Å². The molecule has 4 rings (SSSR count). The third-order valence-electron chi connectivity index (χ3n) is 4.49. The molecule has 158 valence electrons. The number of rotatable bonds is 5. The number of carbonyl (C=O) groups excluding carboxylic acids is 2. The molecule has 0 radical (unpaired) electrons. The predicted octanol–water partition coefficient (Wildman–Crippen LogP) is 5.84. The fraction of sp³-hybridized carbons (Fsp3) is 0.0909. The van der Waals surface area contributed by atoms with Gasteiger partial charge in [0.15, 0.2) is 11.6 Å². The van der Waals surface area contributed by atoms with E-state index in [0.717, 1.165) is 5.56 Å². The highest BCUT2D eigenvalue weighted by Crippen LogP contribution is 2.38. The van der Waals surface area contributed by atoms with Gasteiger partial charge in [0, 0.05) is 16.1 Å². The highest BCUT2D eigenvalue weighted by atomic mass is 35.5. The molecular formula is C22H15Cl2FN2O3S. The number of benzene rings is 3. The van der Waals surface area contributed by atoms with Gasteiger partial charge >= 0.3 is 0 Å². The standard InChI is InChI=1S/C22H15Cl2FN2O3S/c23-14-7-5-13(6-8-14)22-27(20(28)12-31-22)26-21(29)16-10-9-15(24)11-19(16)30-18-4-2-1-3-17(18)25/h1-11,22H,12H2,(H,26,29). The molecule has 31 heavy (non-hydrogen) atoms. The Kier molecular flexibility index (Phi) is 6.36. The van der Waals surface area contributed by atoms with Crippen LogP contribution in [0, 0.1) is 5.82 Å². The average Bonchev–Trinajstić information content (AvgIpc) is 3.10. The second-order valence-corrected chi connectivity index (χ2v) is 8.53. The molecular weight excluding hydrogens is 462 g/mol. The molecule has 5 nitrogen and oxygen atoms in total. The summed E-state index contributed by atoms with van der Waals surface area (Å²) in [5.74, 6) is -1.18. The Hall–Kier alpha value is -2.74. The second kappa shape index (κ2) is 9.18. The van der Waals surface area contributed by atoms with Gasteiger partial charge < -0.3 is 4.74 Å². The maximum atomic E-state index is 14.0. The highest BCUT2D eigenvalue weighted by Gasteiger charge is 2.35. The van der Waals surface area contributed by atoms with Crippen LogP contribution in [0.15, 0.2) is 66.7 Å². The fourth-order valence-electron chi connectivity index (χ4n) is 3.00. The van der Waals surface area contributed by atoms with Gasteiger partial charge in [-0.25, -0.2) is 9.40 Å². The molecule has 0 bridgehead atoms. The number of amides is 2. The summed E-state index contributed by atoms with van der Waals surface area (Å²) >= 11 is 13.4. The number of nitrogens with zero attached hydrogens (tertiary/aromatic N) is 1. The van der Waals surface area contributed by atoms with Crippen LogP contribution in [-0.4, -0.2) is 22.6 Å². The zero-order valence-corrected chi connectivity index (χ0v) is 18.2. The van der Waals surface area contributed by atoms with Crippen molar-refractivity contribution in [3.8, 4) is 11.5 Å². The molecule has 0 spiro atoms. The maximum absolute atomic E-state index is 14.0. The second-order valence-electron chi connectivity index (χ2n) is 6.59. The Morgan fingerprint density at radius 1 is 1.03 bits per heavy atom. The van der Waals surface area contributed by atoms with E-state index in [4.69, 9.17) is 27.9 Å². The Morgan fingerprint density at radius 2 is 1.74 bits per heavy atom. The molecule has 1 aliphatic heterocycles. The molecule has 1 unspecified atom stereocenters. The van der Waals surface area contributed by atoms with E-state index in [-0.39, 0.29) is 28.7 Å². The van der Waals surface area contributed by atoms with Gasteiger partial charge in [-0.2, -0.15) is 0 Å². The number of carbonyl (C=O) groups is 2. The minimum atomic E-state index is -0.585. The summed E-state index contributed by atoms with van der Waals surface area (Å²) < 4.78 is 19.6. The molecule has 3 aromatic rings. The summed E-state index contributed by atoms with van der Waals surface area (Å²) in [4.78, 5) is 25.5. The van der Waals surface area contributed by atoms with Crippen molar-refractivity contribution in [2.24, 2.45) is 0 Å². The Balaban J connectivity index is 1.60. The number of halogens is 3. The van der Waals surface area contributed by atoms with Gasteiger partial charge in [-0.05, 0) is 42.0 Å². The number of para-hydroxylation sites is 1. The quantitative estimate of drug-likeness (QED) is 0.502. The Morgan fingerprint density at radius 3 is 2.48 bits per heavy atom. The van der Waals surface area contributed by atoms with E-state index in [1.807, 2.05) is 0 Å². The molecule has 9 heteroatoms. The first-order chi connectivity index (χ1) is 14.9. The minimum Gasteiger partial charge on any atom is -0.453 e. The smallest absolute Gasteiger partial charge is 0.273 e. The van der Waals surface area contributed by atoms with Gasteiger partial charge in [-0.3, -0.25) is 15.0 Å². The lowest BCUT2D eigenvalue weighted by Crippen LogP contribution is -2.44. The van der Waals surface area contributed by atoms with Gasteiger partial charge in [-0.1, -0.05) is 47.5 Å². The molecule has 0 aliphatic carbocycles. The van der Waals surface area contributed by atoms with Crippen molar-refractivity contribution >= 4 is 46.8 Å². The van der Waals surface area contributed by atoms with E-state index >= 15 is 0 Å². The number of thioether (sulfide) groups is 1. The van der Waals surface area contributed by atoms with Crippen LogP contribution in [0.2, 0.25) is 10.0 Å². The van der Waals surface area contributed by atoms with Crippen molar-refractivity contribution in [2.45, 2.75) is 5.37 Å². The van der Waals surface area contributed by atoms with Crippen molar-refractivity contribution < 1.29 is 18.7 Å². The lowest BCUT2D eigenvalue weighted by molar-refractivity contribution is -0.130. The summed E-state index contributed by atoms with van der Waals surface area (Å²) in [6.45, 7) is 0. The molecule has 1 aliphatic rings. The number of hydrogen-bond donors (Lipinski definition) is 1. The zero-order chi connectivity index (χ0) is 22.0. The van der Waals surface area contributed by atoms with E-state index < -0.39 is 17.1 Å². The van der Waals surface area contributed by atoms with Gasteiger partial charge in [0.1, 0.15) is 11.1 Å². The Bertz CT molecular complexity index is 1140. The van der Waals surface area contributed by atoms with Crippen molar-refractivity contribution in [2.75, 3.05) is 5.75 Å². The summed E-state index contributed by atoms with van der Waals surface area (Å²) in [7, 11) is 0. The van der Waals surface area contributed by atoms with Crippen molar-refractivity contribution in [1.82, 2.24) is 10.4 Å². The number of hydrogen-bond acceptors (Lipinski definition) is 4. The van der Waals surface area contributed by atoms with E-state index in [0.29, 0.717) is 10.0 Å². The topological polar surface area (TPSA) is 58.6 Å². The van der Waals surface area contributed by atoms with Crippen LogP contribution in [-0.2, 0) is 4.79 Å². The van der Waals surface area contributed by atoms with Crippen LogP contribution >= 0.6 is 35.0 Å². The Labute approximate surface area is 192 Å². The van der Waals surface area contributed by atoms with Crippen LogP contribution in [0.5, 0.6) is 11.5 Å². The normalized spacial score (nSPS) is 15.8. The van der Waals surface area contributed by atoms with Crippen LogP contribution in [0.25, 0.3) is 0 Å². The molecule has 1 fully saturated rings. The van der Waals surface area contributed by atoms with Gasteiger partial charge in [0.05, 0.1) is 11.3 Å². The summed E-state index contributed by atoms with van der Waals surface area (Å²) in [5.41, 5.74) is 3.57. The van der Waals surface area contributed by atoms with Crippen LogP contribution < -0.4 is 10.2 Å². The summed E-state index contributed by atoms with van der Waals surface area (Å²) in [5, 5.41) is 1.76. The SMILES string of the molecule is O=C(NN1C(=O)CSC1c1ccc(Cl)cc1)c1ccc(Cl)cc1Oc1ccccc1F. The first-order valence-corrected chi connectivity index (χ1v) is 10.9. The summed E-state index contributed by atoms with van der Waals surface area (Å²) in [6.07, 6.45) is 0. The van der Waals surface area contributed by atoms with Gasteiger partial charge in [0.2, 0.25) is 0 Å². The average molecular weight is 477 g/mol. The first kappa shape index (κ1) is 21.5. The predicted molar refractivity (Wildman–Crippen MR) is 119 cm³/mol. The van der Waals surface area contributed by atoms with Crippen molar-refractivity contribution in [1.29, 1.82) is 0 Å². The molecule has 1 saturated heterocycles. The molecule has 0 saturated carbocycles. The van der Waals surface area contributed by atoms with Gasteiger partial charge in [0.25, 0.3) is 11.8 Å². The van der Waals surface area contributed by atoms with Crippen molar-refractivity contribution in [3.63, 3.8) is 0 Å². The molecule has 0 aromatic heterocycles. The third kappa shape index (κ3) is 4.79. The first-order valence-electron chi connectivity index (χ1n) is 9.14. The van der Waals surface area contributed by atoms with E-state index in [1.54, 1.807) is 30.3 Å². The monoisotopic (exact) mass is 476 g/mol. The maximum Gasteiger partial charge on any atom is 0.273 e. The molecule has 3 aromatic carbocycles. The molecule has 1 atom stereocenters. The molecule has 1 N–H and O–H groups in total. The number of nitrogens with one attached hydrogen (secondary N) is 1. The number of ether oxygens (including phenoxy) is 1. The minimum absolute atomic E-state index is 0.0503. The van der Waals surface area contributed by atoms with E-state index in [2.05, 4.69) is 5.43 Å². The van der Waals surface area contributed by atoms with Crippen LogP contribution in [0.3, 0.4) is 0 Å². The number of hydrazine groups is 1. The lowest BCUT2D eigenvalue weighted by atomic mass is 10.2. The molecule has 2 amide bonds. The van der Waals surface area contributed by atoms with E-state index in [1.165, 1.54) is 53.2 Å².